The Kier molecular flexibility index (Phi) is 6.25. The number of ketones is 1. The topological polar surface area (TPSA) is 119 Å². The number of amides is 1. The molecule has 3 aromatic rings. The fourth-order valence-electron chi connectivity index (χ4n) is 2.57. The van der Waals surface area contributed by atoms with Crippen LogP contribution in [-0.2, 0) is 0 Å². The van der Waals surface area contributed by atoms with Crippen LogP contribution >= 0.6 is 23.2 Å². The molecule has 152 valence electrons. The molecule has 3 rings (SSSR count). The number of nitrogens with zero attached hydrogens (tertiary/aromatic N) is 1. The van der Waals surface area contributed by atoms with Gasteiger partial charge in [-0.2, -0.15) is 5.10 Å². The summed E-state index contributed by atoms with van der Waals surface area (Å²) >= 11 is 12.5. The molecule has 7 nitrogen and oxygen atoms in total. The molecule has 0 radical (unpaired) electrons. The number of carbonyl (C=O) groups is 2. The molecule has 0 spiro atoms. The van der Waals surface area contributed by atoms with Crippen molar-refractivity contribution < 1.29 is 24.9 Å². The number of nitrogens with one attached hydrogen (secondary N) is 1. The van der Waals surface area contributed by atoms with Crippen molar-refractivity contribution in [3.63, 3.8) is 0 Å². The van der Waals surface area contributed by atoms with E-state index in [-0.39, 0.29) is 27.0 Å². The zero-order valence-electron chi connectivity index (χ0n) is 15.1. The summed E-state index contributed by atoms with van der Waals surface area (Å²) in [4.78, 5) is 24.9. The van der Waals surface area contributed by atoms with Crippen molar-refractivity contribution in [2.75, 3.05) is 0 Å². The van der Waals surface area contributed by atoms with Crippen molar-refractivity contribution in [2.45, 2.75) is 0 Å². The normalized spacial score (nSPS) is 10.9. The van der Waals surface area contributed by atoms with Gasteiger partial charge >= 0.3 is 0 Å². The summed E-state index contributed by atoms with van der Waals surface area (Å²) in [5, 5.41) is 32.3. The maximum absolute atomic E-state index is 12.7. The molecule has 0 heterocycles. The molecule has 0 unspecified atom stereocenters. The van der Waals surface area contributed by atoms with Gasteiger partial charge in [0.1, 0.15) is 0 Å². The minimum atomic E-state index is -0.762. The quantitative estimate of drug-likeness (QED) is 0.204. The van der Waals surface area contributed by atoms with E-state index in [0.717, 1.165) is 12.1 Å². The predicted octanol–water partition coefficient (Wildman–Crippen LogP) is 4.11. The Morgan fingerprint density at radius 2 is 1.53 bits per heavy atom. The van der Waals surface area contributed by atoms with Gasteiger partial charge in [-0.25, -0.2) is 5.43 Å². The largest absolute Gasteiger partial charge is 0.504 e. The fourth-order valence-corrected chi connectivity index (χ4v) is 3.16. The highest BCUT2D eigenvalue weighted by Gasteiger charge is 2.19. The van der Waals surface area contributed by atoms with Gasteiger partial charge in [0.05, 0.1) is 21.8 Å². The highest BCUT2D eigenvalue weighted by Crippen LogP contribution is 2.35. The molecule has 0 bridgehead atoms. The zero-order chi connectivity index (χ0) is 21.8. The first-order valence-electron chi connectivity index (χ1n) is 8.45. The van der Waals surface area contributed by atoms with Gasteiger partial charge in [-0.1, -0.05) is 59.6 Å². The van der Waals surface area contributed by atoms with Crippen LogP contribution in [0.4, 0.5) is 0 Å². The maximum atomic E-state index is 12.7. The zero-order valence-corrected chi connectivity index (χ0v) is 16.6. The summed E-state index contributed by atoms with van der Waals surface area (Å²) in [7, 11) is 0. The third kappa shape index (κ3) is 4.37. The molecular weight excluding hydrogens is 431 g/mol. The highest BCUT2D eigenvalue weighted by atomic mass is 35.5. The third-order valence-electron chi connectivity index (χ3n) is 4.09. The SMILES string of the molecule is O=C(NN=Cc1ccc(Cl)c(C(=O)c2ccccc2)c1Cl)c1cc(O)c(O)c(O)c1. The van der Waals surface area contributed by atoms with Gasteiger partial charge in [-0.15, -0.1) is 0 Å². The van der Waals surface area contributed by atoms with Gasteiger partial charge in [-0.05, 0) is 18.2 Å². The molecule has 0 atom stereocenters. The van der Waals surface area contributed by atoms with E-state index in [2.05, 4.69) is 10.5 Å². The van der Waals surface area contributed by atoms with Crippen molar-refractivity contribution in [1.82, 2.24) is 5.43 Å². The van der Waals surface area contributed by atoms with Crippen LogP contribution in [0.3, 0.4) is 0 Å². The number of hydrogen-bond donors (Lipinski definition) is 4. The molecule has 9 heteroatoms. The summed E-state index contributed by atoms with van der Waals surface area (Å²) < 4.78 is 0. The van der Waals surface area contributed by atoms with Crippen LogP contribution in [0.5, 0.6) is 17.2 Å². The second kappa shape index (κ2) is 8.86. The number of aromatic hydroxyl groups is 3. The van der Waals surface area contributed by atoms with E-state index >= 15 is 0 Å². The number of phenolic OH excluding ortho intramolecular Hbond substituents is 3. The average Bonchev–Trinajstić information content (AvgIpc) is 2.73. The molecule has 0 saturated heterocycles. The van der Waals surface area contributed by atoms with Gasteiger partial charge in [0, 0.05) is 16.7 Å². The Balaban J connectivity index is 1.83. The van der Waals surface area contributed by atoms with Crippen molar-refractivity contribution in [3.05, 3.63) is 86.9 Å². The molecule has 30 heavy (non-hydrogen) atoms. The minimum absolute atomic E-state index is 0.0641. The van der Waals surface area contributed by atoms with Gasteiger partial charge < -0.3 is 15.3 Å². The van der Waals surface area contributed by atoms with Crippen LogP contribution < -0.4 is 5.43 Å². The van der Waals surface area contributed by atoms with Crippen molar-refractivity contribution in [3.8, 4) is 17.2 Å². The lowest BCUT2D eigenvalue weighted by atomic mass is 10.0. The molecule has 0 saturated carbocycles. The lowest BCUT2D eigenvalue weighted by Crippen LogP contribution is -2.17. The average molecular weight is 445 g/mol. The Bertz CT molecular complexity index is 1140. The van der Waals surface area contributed by atoms with Crippen molar-refractivity contribution in [1.29, 1.82) is 0 Å². The number of halogens is 2. The predicted molar refractivity (Wildman–Crippen MR) is 113 cm³/mol. The molecule has 0 fully saturated rings. The number of hydrazone groups is 1. The number of benzene rings is 3. The molecule has 3 aromatic carbocycles. The van der Waals surface area contributed by atoms with E-state index in [1.807, 2.05) is 0 Å². The van der Waals surface area contributed by atoms with Gasteiger partial charge in [0.25, 0.3) is 5.91 Å². The lowest BCUT2D eigenvalue weighted by Gasteiger charge is -2.09. The standard InChI is InChI=1S/C21H14Cl2N2O5/c22-14-7-6-12(18(23)17(14)19(28)11-4-2-1-3-5-11)10-24-25-21(30)13-8-15(26)20(29)16(27)9-13/h1-10,26-27,29H,(H,25,30). The monoisotopic (exact) mass is 444 g/mol. The lowest BCUT2D eigenvalue weighted by molar-refractivity contribution is 0.0953. The summed E-state index contributed by atoms with van der Waals surface area (Å²) in [6, 6.07) is 13.4. The first kappa shape index (κ1) is 21.2. The Labute approximate surface area is 180 Å². The van der Waals surface area contributed by atoms with Crippen LogP contribution in [-0.4, -0.2) is 33.2 Å². The van der Waals surface area contributed by atoms with E-state index in [0.29, 0.717) is 11.1 Å². The third-order valence-corrected chi connectivity index (χ3v) is 4.81. The highest BCUT2D eigenvalue weighted by molar-refractivity contribution is 6.42. The summed E-state index contributed by atoms with van der Waals surface area (Å²) in [6.45, 7) is 0. The number of carbonyl (C=O) groups excluding carboxylic acids is 2. The van der Waals surface area contributed by atoms with Crippen molar-refractivity contribution >= 4 is 41.1 Å². The Hall–Kier alpha value is -3.55. The number of hydrogen-bond acceptors (Lipinski definition) is 6. The first-order chi connectivity index (χ1) is 14.3. The minimum Gasteiger partial charge on any atom is -0.504 e. The van der Waals surface area contributed by atoms with Gasteiger partial charge in [0.15, 0.2) is 23.0 Å². The molecule has 0 aliphatic heterocycles. The smallest absolute Gasteiger partial charge is 0.271 e. The second-order valence-corrected chi connectivity index (χ2v) is 6.87. The van der Waals surface area contributed by atoms with Crippen LogP contribution in [0.1, 0.15) is 31.8 Å². The van der Waals surface area contributed by atoms with E-state index in [1.54, 1.807) is 30.3 Å². The van der Waals surface area contributed by atoms with E-state index in [4.69, 9.17) is 23.2 Å². The maximum Gasteiger partial charge on any atom is 0.271 e. The van der Waals surface area contributed by atoms with E-state index in [1.165, 1.54) is 18.3 Å². The summed E-state index contributed by atoms with van der Waals surface area (Å²) in [5.41, 5.74) is 2.90. The molecule has 4 N–H and O–H groups in total. The number of phenols is 3. The molecule has 0 aromatic heterocycles. The Morgan fingerprint density at radius 3 is 2.17 bits per heavy atom. The Morgan fingerprint density at radius 1 is 0.900 bits per heavy atom. The molecule has 0 aliphatic rings. The van der Waals surface area contributed by atoms with E-state index in [9.17, 15) is 24.9 Å². The number of rotatable bonds is 5. The summed E-state index contributed by atoms with van der Waals surface area (Å²) in [6.07, 6.45) is 1.22. The summed E-state index contributed by atoms with van der Waals surface area (Å²) in [5.74, 6) is -3.18. The second-order valence-electron chi connectivity index (χ2n) is 6.08. The fraction of sp³-hybridized carbons (Fsp3) is 0. The molecule has 0 aliphatic carbocycles. The van der Waals surface area contributed by atoms with Crippen LogP contribution in [0.25, 0.3) is 0 Å². The van der Waals surface area contributed by atoms with Crippen LogP contribution in [0, 0.1) is 0 Å². The van der Waals surface area contributed by atoms with Crippen molar-refractivity contribution in [2.24, 2.45) is 5.10 Å². The molecule has 1 amide bonds. The first-order valence-corrected chi connectivity index (χ1v) is 9.21. The molecular formula is C21H14Cl2N2O5. The van der Waals surface area contributed by atoms with Gasteiger partial charge in [0.2, 0.25) is 0 Å². The van der Waals surface area contributed by atoms with Crippen LogP contribution in [0.2, 0.25) is 10.0 Å². The van der Waals surface area contributed by atoms with Gasteiger partial charge in [-0.3, -0.25) is 9.59 Å². The van der Waals surface area contributed by atoms with E-state index < -0.39 is 23.2 Å². The van der Waals surface area contributed by atoms with Crippen LogP contribution in [0.15, 0.2) is 59.7 Å².